The van der Waals surface area contributed by atoms with Gasteiger partial charge in [0.15, 0.2) is 0 Å². The normalized spacial score (nSPS) is 11.7. The molecule has 2 nitrogen and oxygen atoms in total. The summed E-state index contributed by atoms with van der Waals surface area (Å²) in [6.45, 7) is 4.58. The topological polar surface area (TPSA) is 33.0 Å². The Hall–Kier alpha value is -1.79. The highest BCUT2D eigenvalue weighted by Gasteiger charge is 2.13. The molecule has 1 unspecified atom stereocenters. The highest BCUT2D eigenvalue weighted by molar-refractivity contribution is 9.09. The van der Waals surface area contributed by atoms with Gasteiger partial charge in [-0.3, -0.25) is 0 Å². The van der Waals surface area contributed by atoms with Crippen molar-refractivity contribution < 1.29 is 4.74 Å². The van der Waals surface area contributed by atoms with Crippen molar-refractivity contribution in [2.45, 2.75) is 19.8 Å². The second-order valence-corrected chi connectivity index (χ2v) is 5.77. The molecule has 2 rings (SSSR count). The number of rotatable bonds is 5. The highest BCUT2D eigenvalue weighted by atomic mass is 79.9. The molecule has 2 aromatic rings. The Morgan fingerprint density at radius 2 is 1.76 bits per heavy atom. The van der Waals surface area contributed by atoms with Gasteiger partial charge in [-0.15, -0.1) is 0 Å². The summed E-state index contributed by atoms with van der Waals surface area (Å²) >= 11 is 3.56. The summed E-state index contributed by atoms with van der Waals surface area (Å²) < 4.78 is 6.04. The summed E-state index contributed by atoms with van der Waals surface area (Å²) in [6.07, 6.45) is 0. The largest absolute Gasteiger partial charge is 0.492 e. The highest BCUT2D eigenvalue weighted by Crippen LogP contribution is 2.27. The van der Waals surface area contributed by atoms with Crippen molar-refractivity contribution in [2.24, 2.45) is 0 Å². The van der Waals surface area contributed by atoms with E-state index in [1.165, 1.54) is 5.56 Å². The number of nitrogens with zero attached hydrogens (tertiary/aromatic N) is 1. The zero-order valence-electron chi connectivity index (χ0n) is 12.3. The molecule has 0 aromatic heterocycles. The van der Waals surface area contributed by atoms with Crippen LogP contribution < -0.4 is 4.74 Å². The second kappa shape index (κ2) is 7.28. The Morgan fingerprint density at radius 1 is 1.14 bits per heavy atom. The standard InChI is InChI=1S/C18H18BrNO/c1-13-8-15(11-20)9-14(2)18(13)21-12-17(10-19)16-6-4-3-5-7-16/h3-9,17H,10,12H2,1-2H3. The van der Waals surface area contributed by atoms with E-state index in [4.69, 9.17) is 10.00 Å². The molecule has 0 aliphatic carbocycles. The summed E-state index contributed by atoms with van der Waals surface area (Å²) in [6, 6.07) is 16.3. The molecule has 2 aromatic carbocycles. The molecule has 0 aliphatic rings. The van der Waals surface area contributed by atoms with Gasteiger partial charge in [-0.1, -0.05) is 46.3 Å². The monoisotopic (exact) mass is 343 g/mol. The fourth-order valence-corrected chi connectivity index (χ4v) is 2.94. The first-order valence-electron chi connectivity index (χ1n) is 6.90. The first-order valence-corrected chi connectivity index (χ1v) is 8.03. The number of hydrogen-bond donors (Lipinski definition) is 0. The van der Waals surface area contributed by atoms with Crippen molar-refractivity contribution in [3.05, 3.63) is 64.7 Å². The molecule has 0 saturated heterocycles. The molecule has 3 heteroatoms. The van der Waals surface area contributed by atoms with Crippen LogP contribution in [0.3, 0.4) is 0 Å². The van der Waals surface area contributed by atoms with Crippen molar-refractivity contribution in [2.75, 3.05) is 11.9 Å². The Morgan fingerprint density at radius 3 is 2.29 bits per heavy atom. The van der Waals surface area contributed by atoms with Crippen LogP contribution in [0.4, 0.5) is 0 Å². The lowest BCUT2D eigenvalue weighted by Crippen LogP contribution is -2.12. The number of aryl methyl sites for hydroxylation is 2. The molecule has 108 valence electrons. The molecule has 0 N–H and O–H groups in total. The van der Waals surface area contributed by atoms with Crippen molar-refractivity contribution in [1.82, 2.24) is 0 Å². The van der Waals surface area contributed by atoms with Crippen LogP contribution in [-0.4, -0.2) is 11.9 Å². The third-order valence-electron chi connectivity index (χ3n) is 3.48. The SMILES string of the molecule is Cc1cc(C#N)cc(C)c1OCC(CBr)c1ccccc1. The van der Waals surface area contributed by atoms with Crippen LogP contribution in [-0.2, 0) is 0 Å². The van der Waals surface area contributed by atoms with E-state index in [1.54, 1.807) is 0 Å². The van der Waals surface area contributed by atoms with Gasteiger partial charge >= 0.3 is 0 Å². The number of halogens is 1. The number of ether oxygens (including phenoxy) is 1. The average Bonchev–Trinajstić information content (AvgIpc) is 2.50. The van der Waals surface area contributed by atoms with Crippen molar-refractivity contribution in [3.8, 4) is 11.8 Å². The predicted octanol–water partition coefficient (Wildman–Crippen LogP) is 4.73. The van der Waals surface area contributed by atoms with Crippen molar-refractivity contribution in [3.63, 3.8) is 0 Å². The van der Waals surface area contributed by atoms with E-state index in [9.17, 15) is 0 Å². The van der Waals surface area contributed by atoms with Crippen LogP contribution in [0.25, 0.3) is 0 Å². The minimum atomic E-state index is 0.306. The third-order valence-corrected chi connectivity index (χ3v) is 4.26. The lowest BCUT2D eigenvalue weighted by atomic mass is 10.0. The van der Waals surface area contributed by atoms with Crippen LogP contribution in [0.5, 0.6) is 5.75 Å². The summed E-state index contributed by atoms with van der Waals surface area (Å²) in [5.41, 5.74) is 3.96. The van der Waals surface area contributed by atoms with Crippen molar-refractivity contribution in [1.29, 1.82) is 5.26 Å². The number of nitriles is 1. The molecule has 0 heterocycles. The van der Waals surface area contributed by atoms with Crippen molar-refractivity contribution >= 4 is 15.9 Å². The van der Waals surface area contributed by atoms with Gasteiger partial charge in [0, 0.05) is 11.2 Å². The van der Waals surface area contributed by atoms with Crippen LogP contribution in [0.2, 0.25) is 0 Å². The molecule has 0 bridgehead atoms. The van der Waals surface area contributed by atoms with Crippen LogP contribution in [0, 0.1) is 25.2 Å². The van der Waals surface area contributed by atoms with Gasteiger partial charge in [-0.05, 0) is 42.7 Å². The Labute approximate surface area is 134 Å². The van der Waals surface area contributed by atoms with Gasteiger partial charge < -0.3 is 4.74 Å². The number of hydrogen-bond acceptors (Lipinski definition) is 2. The maximum Gasteiger partial charge on any atom is 0.125 e. The quantitative estimate of drug-likeness (QED) is 0.735. The molecule has 0 spiro atoms. The zero-order valence-corrected chi connectivity index (χ0v) is 13.9. The molecular weight excluding hydrogens is 326 g/mol. The summed E-state index contributed by atoms with van der Waals surface area (Å²) in [5, 5.41) is 9.84. The summed E-state index contributed by atoms with van der Waals surface area (Å²) in [5.74, 6) is 1.19. The van der Waals surface area contributed by atoms with Crippen LogP contribution in [0.15, 0.2) is 42.5 Å². The molecular formula is C18H18BrNO. The fourth-order valence-electron chi connectivity index (χ4n) is 2.38. The second-order valence-electron chi connectivity index (χ2n) is 5.12. The minimum absolute atomic E-state index is 0.306. The van der Waals surface area contributed by atoms with E-state index in [-0.39, 0.29) is 0 Å². The fraction of sp³-hybridized carbons (Fsp3) is 0.278. The lowest BCUT2D eigenvalue weighted by Gasteiger charge is -2.18. The maximum absolute atomic E-state index is 8.99. The molecule has 0 aliphatic heterocycles. The first kappa shape index (κ1) is 15.6. The van der Waals surface area contributed by atoms with E-state index in [2.05, 4.69) is 34.1 Å². The van der Waals surface area contributed by atoms with Gasteiger partial charge in [0.1, 0.15) is 5.75 Å². The zero-order chi connectivity index (χ0) is 15.2. The first-order chi connectivity index (χ1) is 10.2. The van der Waals surface area contributed by atoms with Gasteiger partial charge in [-0.2, -0.15) is 5.26 Å². The molecule has 0 amide bonds. The van der Waals surface area contributed by atoms with E-state index in [1.807, 2.05) is 44.2 Å². The van der Waals surface area contributed by atoms with E-state index in [0.717, 1.165) is 22.2 Å². The molecule has 1 atom stereocenters. The summed E-state index contributed by atoms with van der Waals surface area (Å²) in [4.78, 5) is 0. The molecule has 0 saturated carbocycles. The Bertz CT molecular complexity index is 623. The Balaban J connectivity index is 2.14. The maximum atomic E-state index is 8.99. The Kier molecular flexibility index (Phi) is 5.41. The number of alkyl halides is 1. The smallest absolute Gasteiger partial charge is 0.125 e. The van der Waals surface area contributed by atoms with E-state index in [0.29, 0.717) is 18.1 Å². The van der Waals surface area contributed by atoms with Gasteiger partial charge in [-0.25, -0.2) is 0 Å². The lowest BCUT2D eigenvalue weighted by molar-refractivity contribution is 0.294. The molecule has 21 heavy (non-hydrogen) atoms. The van der Waals surface area contributed by atoms with E-state index < -0.39 is 0 Å². The average molecular weight is 344 g/mol. The minimum Gasteiger partial charge on any atom is -0.492 e. The molecule has 0 radical (unpaired) electrons. The predicted molar refractivity (Wildman–Crippen MR) is 89.1 cm³/mol. The number of benzene rings is 2. The van der Waals surface area contributed by atoms with Crippen LogP contribution in [0.1, 0.15) is 28.2 Å². The van der Waals surface area contributed by atoms with Gasteiger partial charge in [0.2, 0.25) is 0 Å². The molecule has 0 fully saturated rings. The van der Waals surface area contributed by atoms with Gasteiger partial charge in [0.25, 0.3) is 0 Å². The van der Waals surface area contributed by atoms with Crippen LogP contribution >= 0.6 is 15.9 Å². The summed E-state index contributed by atoms with van der Waals surface area (Å²) in [7, 11) is 0. The van der Waals surface area contributed by atoms with E-state index >= 15 is 0 Å². The third kappa shape index (κ3) is 3.86. The van der Waals surface area contributed by atoms with Gasteiger partial charge in [0.05, 0.1) is 18.2 Å².